The van der Waals surface area contributed by atoms with Crippen LogP contribution in [0, 0.1) is 5.92 Å². The predicted molar refractivity (Wildman–Crippen MR) is 104 cm³/mol. The van der Waals surface area contributed by atoms with Gasteiger partial charge in [0.2, 0.25) is 5.91 Å². The Labute approximate surface area is 165 Å². The first-order valence-electron chi connectivity index (χ1n) is 8.43. The summed E-state index contributed by atoms with van der Waals surface area (Å²) in [5, 5.41) is 5.50. The summed E-state index contributed by atoms with van der Waals surface area (Å²) in [6, 6.07) is 10.1. The number of halogens is 1. The number of furan rings is 1. The standard InChI is InChI=1S/C18H19BrN2O5S/c19-16-6-5-15(26-16)18(23)21-14-3-1-12(2-4-14)9-17(22)20-10-13-7-8-27(24,25)11-13/h1-6,13H,7-11H2,(H,20,22)(H,21,23). The van der Waals surface area contributed by atoms with Crippen LogP contribution in [0.2, 0.25) is 0 Å². The summed E-state index contributed by atoms with van der Waals surface area (Å²) in [7, 11) is -2.93. The van der Waals surface area contributed by atoms with Gasteiger partial charge in [-0.3, -0.25) is 9.59 Å². The molecule has 1 saturated heterocycles. The molecule has 144 valence electrons. The summed E-state index contributed by atoms with van der Waals surface area (Å²) < 4.78 is 28.5. The fourth-order valence-electron chi connectivity index (χ4n) is 2.87. The summed E-state index contributed by atoms with van der Waals surface area (Å²) in [6.07, 6.45) is 0.794. The minimum Gasteiger partial charge on any atom is -0.444 e. The zero-order chi connectivity index (χ0) is 19.4. The third kappa shape index (κ3) is 5.67. The van der Waals surface area contributed by atoms with E-state index >= 15 is 0 Å². The largest absolute Gasteiger partial charge is 0.444 e. The van der Waals surface area contributed by atoms with E-state index in [9.17, 15) is 18.0 Å². The molecule has 0 spiro atoms. The van der Waals surface area contributed by atoms with Crippen LogP contribution in [-0.2, 0) is 21.1 Å². The van der Waals surface area contributed by atoms with E-state index in [0.717, 1.165) is 5.56 Å². The number of carbonyl (C=O) groups is 2. The van der Waals surface area contributed by atoms with Crippen molar-refractivity contribution in [3.63, 3.8) is 0 Å². The highest BCUT2D eigenvalue weighted by Gasteiger charge is 2.27. The van der Waals surface area contributed by atoms with Crippen LogP contribution < -0.4 is 10.6 Å². The number of hydrogen-bond donors (Lipinski definition) is 2. The molecule has 1 fully saturated rings. The third-order valence-electron chi connectivity index (χ3n) is 4.29. The molecule has 1 aromatic heterocycles. The Morgan fingerprint density at radius 3 is 2.48 bits per heavy atom. The third-order valence-corrected chi connectivity index (χ3v) is 6.55. The van der Waals surface area contributed by atoms with Gasteiger partial charge in [-0.1, -0.05) is 12.1 Å². The van der Waals surface area contributed by atoms with Gasteiger partial charge in [-0.15, -0.1) is 0 Å². The molecule has 1 atom stereocenters. The average Bonchev–Trinajstić information content (AvgIpc) is 3.20. The molecule has 2 amide bonds. The van der Waals surface area contributed by atoms with Gasteiger partial charge < -0.3 is 15.1 Å². The minimum atomic E-state index is -2.93. The molecule has 2 heterocycles. The Hall–Kier alpha value is -2.13. The summed E-state index contributed by atoms with van der Waals surface area (Å²) in [4.78, 5) is 24.0. The summed E-state index contributed by atoms with van der Waals surface area (Å²) in [5.74, 6) is 0.0236. The molecule has 0 bridgehead atoms. The smallest absolute Gasteiger partial charge is 0.291 e. The normalized spacial score (nSPS) is 18.2. The number of nitrogens with one attached hydrogen (secondary N) is 2. The summed E-state index contributed by atoms with van der Waals surface area (Å²) in [5.41, 5.74) is 1.39. The van der Waals surface area contributed by atoms with E-state index in [1.54, 1.807) is 36.4 Å². The van der Waals surface area contributed by atoms with Gasteiger partial charge in [-0.05, 0) is 58.1 Å². The first-order valence-corrected chi connectivity index (χ1v) is 11.0. The molecular formula is C18H19BrN2O5S. The number of benzene rings is 1. The highest BCUT2D eigenvalue weighted by molar-refractivity contribution is 9.10. The zero-order valence-corrected chi connectivity index (χ0v) is 16.8. The zero-order valence-electron chi connectivity index (χ0n) is 14.4. The van der Waals surface area contributed by atoms with E-state index in [2.05, 4.69) is 26.6 Å². The van der Waals surface area contributed by atoms with Crippen LogP contribution >= 0.6 is 15.9 Å². The van der Waals surface area contributed by atoms with Crippen LogP contribution in [0.4, 0.5) is 5.69 Å². The molecule has 0 saturated carbocycles. The minimum absolute atomic E-state index is 0.00169. The predicted octanol–water partition coefficient (Wildman–Crippen LogP) is 2.39. The van der Waals surface area contributed by atoms with Gasteiger partial charge in [0.15, 0.2) is 20.3 Å². The van der Waals surface area contributed by atoms with Crippen molar-refractivity contribution in [2.45, 2.75) is 12.8 Å². The van der Waals surface area contributed by atoms with Crippen molar-refractivity contribution < 1.29 is 22.4 Å². The molecule has 1 unspecified atom stereocenters. The van der Waals surface area contributed by atoms with Gasteiger partial charge in [-0.25, -0.2) is 8.42 Å². The Morgan fingerprint density at radius 1 is 1.15 bits per heavy atom. The van der Waals surface area contributed by atoms with Crippen LogP contribution in [0.15, 0.2) is 45.5 Å². The van der Waals surface area contributed by atoms with E-state index < -0.39 is 9.84 Å². The maximum Gasteiger partial charge on any atom is 0.291 e. The highest BCUT2D eigenvalue weighted by Crippen LogP contribution is 2.18. The van der Waals surface area contributed by atoms with Crippen LogP contribution in [0.25, 0.3) is 0 Å². The van der Waals surface area contributed by atoms with E-state index in [1.807, 2.05) is 0 Å². The fourth-order valence-corrected chi connectivity index (χ4v) is 5.04. The lowest BCUT2D eigenvalue weighted by atomic mass is 10.1. The molecule has 0 aliphatic carbocycles. The van der Waals surface area contributed by atoms with Gasteiger partial charge in [0.25, 0.3) is 5.91 Å². The second-order valence-electron chi connectivity index (χ2n) is 6.50. The van der Waals surface area contributed by atoms with Gasteiger partial charge in [-0.2, -0.15) is 0 Å². The SMILES string of the molecule is O=C(Cc1ccc(NC(=O)c2ccc(Br)o2)cc1)NCC1CCS(=O)(=O)C1. The lowest BCUT2D eigenvalue weighted by Gasteiger charge is -2.10. The quantitative estimate of drug-likeness (QED) is 0.696. The molecule has 2 aromatic rings. The van der Waals surface area contributed by atoms with Crippen LogP contribution in [-0.4, -0.2) is 38.3 Å². The maximum absolute atomic E-state index is 12.0. The molecule has 1 aliphatic heterocycles. The highest BCUT2D eigenvalue weighted by atomic mass is 79.9. The van der Waals surface area contributed by atoms with Crippen molar-refractivity contribution in [1.29, 1.82) is 0 Å². The molecule has 1 aromatic carbocycles. The van der Waals surface area contributed by atoms with Gasteiger partial charge in [0.1, 0.15) is 0 Å². The molecule has 7 nitrogen and oxygen atoms in total. The lowest BCUT2D eigenvalue weighted by molar-refractivity contribution is -0.120. The number of carbonyl (C=O) groups excluding carboxylic acids is 2. The fraction of sp³-hybridized carbons (Fsp3) is 0.333. The molecule has 9 heteroatoms. The van der Waals surface area contributed by atoms with Crippen molar-refractivity contribution in [3.8, 4) is 0 Å². The van der Waals surface area contributed by atoms with Gasteiger partial charge in [0, 0.05) is 12.2 Å². The van der Waals surface area contributed by atoms with Gasteiger partial charge >= 0.3 is 0 Å². The van der Waals surface area contributed by atoms with E-state index in [4.69, 9.17) is 4.42 Å². The second-order valence-corrected chi connectivity index (χ2v) is 9.52. The van der Waals surface area contributed by atoms with E-state index in [1.165, 1.54) is 0 Å². The maximum atomic E-state index is 12.0. The lowest BCUT2D eigenvalue weighted by Crippen LogP contribution is -2.31. The monoisotopic (exact) mass is 454 g/mol. The molecule has 1 aliphatic rings. The summed E-state index contributed by atoms with van der Waals surface area (Å²) in [6.45, 7) is 0.380. The van der Waals surface area contributed by atoms with Crippen molar-refractivity contribution in [2.75, 3.05) is 23.4 Å². The van der Waals surface area contributed by atoms with Gasteiger partial charge in [0.05, 0.1) is 17.9 Å². The summed E-state index contributed by atoms with van der Waals surface area (Å²) >= 11 is 3.14. The molecule has 0 radical (unpaired) electrons. The van der Waals surface area contributed by atoms with E-state index in [-0.39, 0.29) is 41.4 Å². The molecule has 2 N–H and O–H groups in total. The molecule has 27 heavy (non-hydrogen) atoms. The van der Waals surface area contributed by atoms with Crippen LogP contribution in [0.3, 0.4) is 0 Å². The Morgan fingerprint density at radius 2 is 1.89 bits per heavy atom. The van der Waals surface area contributed by atoms with Crippen LogP contribution in [0.5, 0.6) is 0 Å². The first-order chi connectivity index (χ1) is 12.8. The Bertz CT molecular complexity index is 937. The number of amides is 2. The second kappa shape index (κ2) is 8.26. The number of sulfone groups is 1. The topological polar surface area (TPSA) is 105 Å². The van der Waals surface area contributed by atoms with Crippen molar-refractivity contribution in [3.05, 3.63) is 52.4 Å². The van der Waals surface area contributed by atoms with Crippen molar-refractivity contribution in [2.24, 2.45) is 5.92 Å². The van der Waals surface area contributed by atoms with E-state index in [0.29, 0.717) is 23.3 Å². The number of hydrogen-bond acceptors (Lipinski definition) is 5. The number of rotatable bonds is 6. The van der Waals surface area contributed by atoms with Crippen molar-refractivity contribution in [1.82, 2.24) is 5.32 Å². The van der Waals surface area contributed by atoms with Crippen LogP contribution in [0.1, 0.15) is 22.5 Å². The Balaban J connectivity index is 1.47. The molecular weight excluding hydrogens is 436 g/mol. The number of anilines is 1. The molecule has 3 rings (SSSR count). The first kappa shape index (κ1) is 19.6. The van der Waals surface area contributed by atoms with Crippen molar-refractivity contribution >= 4 is 43.3 Å². The average molecular weight is 455 g/mol. The Kier molecular flexibility index (Phi) is 6.01.